The van der Waals surface area contributed by atoms with Gasteiger partial charge in [-0.2, -0.15) is 0 Å². The van der Waals surface area contributed by atoms with Crippen molar-refractivity contribution in [3.63, 3.8) is 0 Å². The number of nitrogens with zero attached hydrogens (tertiary/aromatic N) is 1. The van der Waals surface area contributed by atoms with Crippen molar-refractivity contribution in [2.45, 2.75) is 71.0 Å². The third-order valence-corrected chi connectivity index (χ3v) is 7.48. The normalized spacial score (nSPS) is 28.6. The van der Waals surface area contributed by atoms with Crippen LogP contribution in [-0.4, -0.2) is 42.6 Å². The summed E-state index contributed by atoms with van der Waals surface area (Å²) in [7, 11) is 0. The summed E-state index contributed by atoms with van der Waals surface area (Å²) in [6.07, 6.45) is 6.14. The number of halogens is 1. The molecule has 4 nitrogen and oxygen atoms in total. The molecule has 1 amide bonds. The summed E-state index contributed by atoms with van der Waals surface area (Å²) in [4.78, 5) is 15.8. The van der Waals surface area contributed by atoms with E-state index in [1.807, 2.05) is 12.1 Å². The van der Waals surface area contributed by atoms with Crippen molar-refractivity contribution in [2.75, 3.05) is 19.8 Å². The second-order valence-electron chi connectivity index (χ2n) is 9.19. The molecule has 2 unspecified atom stereocenters. The van der Waals surface area contributed by atoms with Crippen molar-refractivity contribution < 1.29 is 9.53 Å². The summed E-state index contributed by atoms with van der Waals surface area (Å²) in [5.74, 6) is 0.701. The Bertz CT molecular complexity index is 717. The first-order valence-corrected chi connectivity index (χ1v) is 11.3. The van der Waals surface area contributed by atoms with E-state index in [0.717, 1.165) is 63.3 Å². The van der Waals surface area contributed by atoms with Crippen molar-refractivity contribution >= 4 is 17.5 Å². The smallest absolute Gasteiger partial charge is 0.229 e. The summed E-state index contributed by atoms with van der Waals surface area (Å²) >= 11 is 6.20. The van der Waals surface area contributed by atoms with E-state index < -0.39 is 0 Å². The number of carbonyl (C=O) groups is 1. The summed E-state index contributed by atoms with van der Waals surface area (Å²) < 4.78 is 5.49. The molecule has 2 atom stereocenters. The van der Waals surface area contributed by atoms with Crippen LogP contribution in [0.3, 0.4) is 0 Å². The topological polar surface area (TPSA) is 41.6 Å². The van der Waals surface area contributed by atoms with Crippen LogP contribution in [-0.2, 0) is 22.5 Å². The molecule has 0 radical (unpaired) electrons. The fraction of sp³-hybridized carbons (Fsp3) is 0.696. The predicted molar refractivity (Wildman–Crippen MR) is 112 cm³/mol. The summed E-state index contributed by atoms with van der Waals surface area (Å²) in [6.45, 7) is 7.68. The quantitative estimate of drug-likeness (QED) is 0.818. The molecule has 1 saturated carbocycles. The molecule has 1 saturated heterocycles. The zero-order valence-corrected chi connectivity index (χ0v) is 17.9. The number of carbonyl (C=O) groups excluding carboxylic acids is 1. The maximum atomic E-state index is 13.7. The number of benzene rings is 1. The fourth-order valence-electron chi connectivity index (χ4n) is 5.39. The molecule has 1 aromatic rings. The number of fused-ring (bicyclic) bond motifs is 1. The van der Waals surface area contributed by atoms with E-state index >= 15 is 0 Å². The maximum Gasteiger partial charge on any atom is 0.229 e. The van der Waals surface area contributed by atoms with Crippen molar-refractivity contribution in [2.24, 2.45) is 11.3 Å². The third-order valence-electron chi connectivity index (χ3n) is 7.24. The van der Waals surface area contributed by atoms with Crippen LogP contribution in [0.25, 0.3) is 0 Å². The highest BCUT2D eigenvalue weighted by atomic mass is 35.5. The highest BCUT2D eigenvalue weighted by Crippen LogP contribution is 2.46. The third kappa shape index (κ3) is 3.96. The fourth-order valence-corrected chi connectivity index (χ4v) is 5.59. The van der Waals surface area contributed by atoms with Crippen LogP contribution in [0.2, 0.25) is 5.02 Å². The zero-order valence-electron chi connectivity index (χ0n) is 17.2. The average Bonchev–Trinajstić information content (AvgIpc) is 3.13. The lowest BCUT2D eigenvalue weighted by atomic mass is 9.73. The zero-order chi connectivity index (χ0) is 19.7. The van der Waals surface area contributed by atoms with Gasteiger partial charge in [0.25, 0.3) is 0 Å². The number of ether oxygens (including phenoxy) is 1. The van der Waals surface area contributed by atoms with Gasteiger partial charge in [0.2, 0.25) is 5.91 Å². The minimum atomic E-state index is -0.237. The van der Waals surface area contributed by atoms with Crippen LogP contribution in [0.1, 0.15) is 57.1 Å². The van der Waals surface area contributed by atoms with E-state index in [1.54, 1.807) is 0 Å². The molecular weight excluding hydrogens is 372 g/mol. The Balaban J connectivity index is 1.46. The predicted octanol–water partition coefficient (Wildman–Crippen LogP) is 4.19. The lowest BCUT2D eigenvalue weighted by Crippen LogP contribution is -2.48. The van der Waals surface area contributed by atoms with Gasteiger partial charge in [0.05, 0.1) is 5.41 Å². The number of amides is 1. The van der Waals surface area contributed by atoms with Crippen molar-refractivity contribution in [3.8, 4) is 0 Å². The average molecular weight is 405 g/mol. The second-order valence-corrected chi connectivity index (χ2v) is 9.63. The number of nitrogens with one attached hydrogen (secondary N) is 1. The Labute approximate surface area is 174 Å². The van der Waals surface area contributed by atoms with Crippen molar-refractivity contribution in [1.29, 1.82) is 0 Å². The van der Waals surface area contributed by atoms with Crippen LogP contribution in [0.15, 0.2) is 18.2 Å². The van der Waals surface area contributed by atoms with Crippen LogP contribution in [0.4, 0.5) is 0 Å². The first kappa shape index (κ1) is 20.2. The van der Waals surface area contributed by atoms with Crippen LogP contribution >= 0.6 is 11.6 Å². The molecule has 3 aliphatic rings. The highest BCUT2D eigenvalue weighted by Gasteiger charge is 2.49. The van der Waals surface area contributed by atoms with Gasteiger partial charge in [-0.1, -0.05) is 31.5 Å². The molecule has 1 aromatic carbocycles. The SMILES string of the molecule is CC(C)C1(C(=O)N2CCc3ccc(Cl)cc3C2)CCC(NC2CCOCC2)C1. The van der Waals surface area contributed by atoms with Gasteiger partial charge >= 0.3 is 0 Å². The molecule has 4 rings (SSSR count). The first-order valence-electron chi connectivity index (χ1n) is 10.9. The van der Waals surface area contributed by atoms with Crippen LogP contribution in [0.5, 0.6) is 0 Å². The van der Waals surface area contributed by atoms with Gasteiger partial charge in [-0.25, -0.2) is 0 Å². The summed E-state index contributed by atoms with van der Waals surface area (Å²) in [5.41, 5.74) is 2.30. The van der Waals surface area contributed by atoms with Gasteiger partial charge in [0.15, 0.2) is 0 Å². The van der Waals surface area contributed by atoms with Gasteiger partial charge < -0.3 is 15.0 Å². The molecular formula is C23H33ClN2O2. The van der Waals surface area contributed by atoms with Gasteiger partial charge in [-0.3, -0.25) is 4.79 Å². The Morgan fingerprint density at radius 2 is 2.00 bits per heavy atom. The van der Waals surface area contributed by atoms with E-state index in [1.165, 1.54) is 11.1 Å². The minimum absolute atomic E-state index is 0.237. The molecule has 0 bridgehead atoms. The molecule has 0 aromatic heterocycles. The largest absolute Gasteiger partial charge is 0.381 e. The van der Waals surface area contributed by atoms with E-state index in [2.05, 4.69) is 30.1 Å². The lowest BCUT2D eigenvalue weighted by molar-refractivity contribution is -0.145. The molecule has 5 heteroatoms. The molecule has 2 aliphatic heterocycles. The maximum absolute atomic E-state index is 13.7. The monoisotopic (exact) mass is 404 g/mol. The van der Waals surface area contributed by atoms with E-state index in [-0.39, 0.29) is 5.41 Å². The summed E-state index contributed by atoms with van der Waals surface area (Å²) in [6, 6.07) is 7.09. The van der Waals surface area contributed by atoms with Gasteiger partial charge in [0.1, 0.15) is 0 Å². The Morgan fingerprint density at radius 1 is 1.21 bits per heavy atom. The Morgan fingerprint density at radius 3 is 2.75 bits per heavy atom. The standard InChI is InChI=1S/C23H33ClN2O2/c1-16(2)23(9-5-21(14-23)25-20-7-11-28-12-8-20)22(27)26-10-6-17-3-4-19(24)13-18(17)15-26/h3-4,13,16,20-21,25H,5-12,14-15H2,1-2H3. The molecule has 154 valence electrons. The van der Waals surface area contributed by atoms with Crippen LogP contribution < -0.4 is 5.32 Å². The lowest BCUT2D eigenvalue weighted by Gasteiger charge is -2.40. The van der Waals surface area contributed by atoms with Crippen LogP contribution in [0, 0.1) is 11.3 Å². The molecule has 2 heterocycles. The summed E-state index contributed by atoms with van der Waals surface area (Å²) in [5, 5.41) is 4.60. The molecule has 28 heavy (non-hydrogen) atoms. The Hall–Kier alpha value is -1.10. The van der Waals surface area contributed by atoms with Gasteiger partial charge in [0, 0.05) is 43.4 Å². The van der Waals surface area contributed by atoms with Crippen molar-refractivity contribution in [1.82, 2.24) is 10.2 Å². The number of hydrogen-bond donors (Lipinski definition) is 1. The Kier molecular flexibility index (Phi) is 6.01. The highest BCUT2D eigenvalue weighted by molar-refractivity contribution is 6.30. The molecule has 1 N–H and O–H groups in total. The molecule has 1 aliphatic carbocycles. The first-order chi connectivity index (χ1) is 13.5. The van der Waals surface area contributed by atoms with Gasteiger partial charge in [-0.05, 0) is 67.7 Å². The van der Waals surface area contributed by atoms with E-state index in [0.29, 0.717) is 30.5 Å². The molecule has 0 spiro atoms. The van der Waals surface area contributed by atoms with Crippen molar-refractivity contribution in [3.05, 3.63) is 34.3 Å². The molecule has 2 fully saturated rings. The van der Waals surface area contributed by atoms with Gasteiger partial charge in [-0.15, -0.1) is 0 Å². The minimum Gasteiger partial charge on any atom is -0.381 e. The second kappa shape index (κ2) is 8.33. The number of rotatable bonds is 4. The van der Waals surface area contributed by atoms with E-state index in [9.17, 15) is 4.79 Å². The van der Waals surface area contributed by atoms with E-state index in [4.69, 9.17) is 16.3 Å². The number of hydrogen-bond acceptors (Lipinski definition) is 3.